The van der Waals surface area contributed by atoms with Gasteiger partial charge in [-0.15, -0.1) is 0 Å². The number of aliphatic hydroxyl groups is 2. The number of allylic oxidation sites excluding steroid dienone is 2. The van der Waals surface area contributed by atoms with E-state index < -0.39 is 112 Å². The normalized spacial score (nSPS) is 28.4. The number of rotatable bonds is 8. The first kappa shape index (κ1) is 56.1. The van der Waals surface area contributed by atoms with Crippen LogP contribution in [0.2, 0.25) is 0 Å². The van der Waals surface area contributed by atoms with Crippen molar-refractivity contribution in [1.29, 1.82) is 0 Å². The number of aromatic nitrogens is 1. The number of likely N-dealkylation sites (N-methyl/N-ethyl adjacent to an activating group) is 1. The number of hydrogen-bond acceptors (Lipinski definition) is 18. The van der Waals surface area contributed by atoms with Crippen LogP contribution in [0.5, 0.6) is 23.0 Å². The smallest absolute Gasteiger partial charge is 0.341 e. The summed E-state index contributed by atoms with van der Waals surface area (Å²) in [6.07, 6.45) is 4.70. The number of nitrogens with two attached hydrogens (primary N) is 2. The second-order valence-electron chi connectivity index (χ2n) is 21.0. The number of phenolic OH excluding ortho intramolecular Hbond substituents is 3. The van der Waals surface area contributed by atoms with Crippen molar-refractivity contribution >= 4 is 51.3 Å². The fraction of sp³-hybridized carbons (Fsp3) is 0.473. The zero-order valence-electron chi connectivity index (χ0n) is 44.3. The number of aliphatic hydroxyl groups excluding tert-OH is 2. The number of phenols is 3. The van der Waals surface area contributed by atoms with Gasteiger partial charge in [-0.05, 0) is 76.3 Å². The van der Waals surface area contributed by atoms with Gasteiger partial charge < -0.3 is 71.3 Å². The third-order valence-corrected chi connectivity index (χ3v) is 15.7. The quantitative estimate of drug-likeness (QED) is 0.0667. The van der Waals surface area contributed by atoms with Gasteiger partial charge in [-0.1, -0.05) is 32.1 Å². The van der Waals surface area contributed by atoms with Crippen molar-refractivity contribution < 1.29 is 73.2 Å². The van der Waals surface area contributed by atoms with Crippen LogP contribution in [0.1, 0.15) is 103 Å². The third-order valence-electron chi connectivity index (χ3n) is 15.7. The van der Waals surface area contributed by atoms with Gasteiger partial charge in [0.2, 0.25) is 0 Å². The van der Waals surface area contributed by atoms with Crippen LogP contribution in [0.3, 0.4) is 0 Å². The van der Waals surface area contributed by atoms with Gasteiger partial charge in [-0.2, -0.15) is 0 Å². The molecule has 0 spiro atoms. The molecule has 1 unspecified atom stereocenters. The maximum absolute atomic E-state index is 16.3. The number of carboxylic acids is 1. The van der Waals surface area contributed by atoms with E-state index in [1.807, 2.05) is 9.80 Å². The number of ketones is 1. The lowest BCUT2D eigenvalue weighted by atomic mass is 9.84. The molecule has 4 aliphatic heterocycles. The van der Waals surface area contributed by atoms with Crippen molar-refractivity contribution in [1.82, 2.24) is 9.30 Å². The van der Waals surface area contributed by atoms with Crippen LogP contribution in [0.25, 0.3) is 16.3 Å². The predicted octanol–water partition coefficient (Wildman–Crippen LogP) is 4.48. The summed E-state index contributed by atoms with van der Waals surface area (Å²) in [7, 11) is 3.07. The van der Waals surface area contributed by atoms with Crippen LogP contribution in [0, 0.1) is 31.5 Å². The lowest BCUT2D eigenvalue weighted by Gasteiger charge is -2.37. The minimum absolute atomic E-state index is 0.00970. The standard InChI is InChI=1S/C55H67FN6O15/c1-23-11-10-12-24(2)52(70)59-41-33(21-60(8)30-15-17-61(20-30)43-26(4)42-31(29-13-14-29)19-32(54(72)73)53(71)62(42)22-34(43)56)46(66)36-37(47(41)67)45(65)27(5)49-38(36)51(69)55(7,77-49)75-18-16-35(74-9)25(3)50(76-28(6)63)40(58)48(68)39(57)44(23)64/h10-12,16,18-19,22-23,25,29-30,35,39-40,44,48,50,64-68H,13-15,17,20-21,57-58H2,1-9H3,(H,59,70)(H,72,73)/b11-10+,18-16?,24-12-/t23-,25+,30?,35-,39+,40+,44-,48+,50+,55-/m0/s1. The van der Waals surface area contributed by atoms with E-state index in [4.69, 9.17) is 30.4 Å². The first-order valence-corrected chi connectivity index (χ1v) is 25.4. The van der Waals surface area contributed by atoms with E-state index in [2.05, 4.69) is 5.32 Å². The lowest BCUT2D eigenvalue weighted by Crippen LogP contribution is -2.60. The van der Waals surface area contributed by atoms with Crippen molar-refractivity contribution in [2.45, 2.75) is 129 Å². The topological polar surface area (TPSA) is 319 Å². The van der Waals surface area contributed by atoms with E-state index in [1.165, 1.54) is 58.3 Å². The highest BCUT2D eigenvalue weighted by molar-refractivity contribution is 6.22. The molecule has 10 atom stereocenters. The Morgan fingerprint density at radius 1 is 0.974 bits per heavy atom. The Morgan fingerprint density at radius 2 is 1.66 bits per heavy atom. The molecule has 1 saturated heterocycles. The van der Waals surface area contributed by atoms with Gasteiger partial charge in [0.05, 0.1) is 70.7 Å². The van der Waals surface area contributed by atoms with Gasteiger partial charge >= 0.3 is 17.7 Å². The average molecular weight is 1070 g/mol. The Labute approximate surface area is 442 Å². The molecule has 21 nitrogen and oxygen atoms in total. The Balaban J connectivity index is 1.21. The van der Waals surface area contributed by atoms with Crippen LogP contribution in [-0.2, 0) is 30.3 Å². The molecule has 5 bridgehead atoms. The molecule has 2 aromatic carbocycles. The summed E-state index contributed by atoms with van der Waals surface area (Å²) in [6, 6.07) is -1.72. The summed E-state index contributed by atoms with van der Waals surface area (Å²) >= 11 is 0. The zero-order valence-corrected chi connectivity index (χ0v) is 44.3. The zero-order chi connectivity index (χ0) is 56.4. The number of hydrogen-bond donors (Lipinski definition) is 9. The number of esters is 1. The maximum Gasteiger partial charge on any atom is 0.341 e. The number of carboxylic acid groups (broad SMARTS) is 1. The molecule has 414 valence electrons. The van der Waals surface area contributed by atoms with Gasteiger partial charge in [0.25, 0.3) is 17.2 Å². The second-order valence-corrected chi connectivity index (χ2v) is 21.0. The van der Waals surface area contributed by atoms with E-state index >= 15 is 4.39 Å². The number of benzene rings is 2. The number of Topliss-reactive ketones (excluding diaryl/α,β-unsaturated/α-hetero) is 1. The number of nitrogens with one attached hydrogen (secondary N) is 1. The van der Waals surface area contributed by atoms with Crippen LogP contribution in [0.4, 0.5) is 15.8 Å². The summed E-state index contributed by atoms with van der Waals surface area (Å²) < 4.78 is 40.9. The molecule has 0 radical (unpaired) electrons. The SMILES string of the molecule is CO[C@H]1C=CO[C@@]2(C)Oc3c(C)c(O)c4c(O)c(c(CN(C)C5CCN(c6c(F)cn7c(=O)c(C(=O)O)cc(C8CC8)c7c6C)C5)c(O)c4c3C2=O)NC(=O)/C(C)=C\C=C\[C@H](C)[C@H](O)[C@@H](N)[C@@H](O)[C@@H](N)[C@H](OC(C)=O)[C@@H]1C. The second kappa shape index (κ2) is 21.4. The number of halogens is 1. The average Bonchev–Trinajstić information content (AvgIpc) is 4.10. The van der Waals surface area contributed by atoms with Gasteiger partial charge in [0.15, 0.2) is 11.6 Å². The van der Waals surface area contributed by atoms with E-state index in [1.54, 1.807) is 27.8 Å². The summed E-state index contributed by atoms with van der Waals surface area (Å²) in [5, 5.41) is 71.3. The monoisotopic (exact) mass is 1070 g/mol. The van der Waals surface area contributed by atoms with Crippen LogP contribution < -0.4 is 32.0 Å². The summed E-state index contributed by atoms with van der Waals surface area (Å²) in [5.41, 5.74) is 12.8. The number of fused-ring (bicyclic) bond motifs is 15. The Morgan fingerprint density at radius 3 is 2.30 bits per heavy atom. The minimum Gasteiger partial charge on any atom is -0.507 e. The number of aromatic carboxylic acids is 1. The number of amides is 1. The molecule has 5 aliphatic rings. The first-order valence-electron chi connectivity index (χ1n) is 25.4. The van der Waals surface area contributed by atoms with Gasteiger partial charge in [-0.3, -0.25) is 28.5 Å². The number of ether oxygens (including phenoxy) is 4. The molecular formula is C55H67FN6O15. The molecule has 2 fully saturated rings. The van der Waals surface area contributed by atoms with E-state index in [0.29, 0.717) is 29.6 Å². The number of nitrogens with zero attached hydrogens (tertiary/aromatic N) is 3. The Bertz CT molecular complexity index is 3240. The first-order chi connectivity index (χ1) is 36.2. The minimum atomic E-state index is -2.17. The molecule has 6 heterocycles. The van der Waals surface area contributed by atoms with Gasteiger partial charge in [-0.25, -0.2) is 9.18 Å². The molecular weight excluding hydrogens is 1000 g/mol. The summed E-state index contributed by atoms with van der Waals surface area (Å²) in [5.74, 6) is -10.3. The number of aryl methyl sites for hydroxylation is 1. The van der Waals surface area contributed by atoms with Crippen molar-refractivity contribution in [2.24, 2.45) is 23.3 Å². The number of methoxy groups -OCH3 is 1. The number of aromatic hydroxyl groups is 3. The fourth-order valence-electron chi connectivity index (χ4n) is 11.0. The molecule has 1 saturated carbocycles. The molecule has 2 aromatic heterocycles. The van der Waals surface area contributed by atoms with Crippen molar-refractivity contribution in [2.75, 3.05) is 37.5 Å². The van der Waals surface area contributed by atoms with Crippen LogP contribution >= 0.6 is 0 Å². The largest absolute Gasteiger partial charge is 0.507 e. The molecule has 1 amide bonds. The molecule has 77 heavy (non-hydrogen) atoms. The van der Waals surface area contributed by atoms with Crippen LogP contribution in [0.15, 0.2) is 53.2 Å². The molecule has 1 aliphatic carbocycles. The fourth-order valence-corrected chi connectivity index (χ4v) is 11.0. The summed E-state index contributed by atoms with van der Waals surface area (Å²) in [6.45, 7) is 10.6. The predicted molar refractivity (Wildman–Crippen MR) is 281 cm³/mol. The number of carbonyl (C=O) groups excluding carboxylic acids is 3. The highest BCUT2D eigenvalue weighted by Crippen LogP contribution is 2.56. The molecule has 11 N–H and O–H groups in total. The molecule has 4 aromatic rings. The van der Waals surface area contributed by atoms with E-state index in [0.717, 1.165) is 36.6 Å². The molecule has 22 heteroatoms. The van der Waals surface area contributed by atoms with Gasteiger partial charge in [0, 0.05) is 80.6 Å². The van der Waals surface area contributed by atoms with E-state index in [9.17, 15) is 54.6 Å². The maximum atomic E-state index is 16.3. The van der Waals surface area contributed by atoms with Crippen molar-refractivity contribution in [3.63, 3.8) is 0 Å². The molecule has 9 rings (SSSR count). The number of carbonyl (C=O) groups is 4. The lowest BCUT2D eigenvalue weighted by molar-refractivity contribution is -0.155. The summed E-state index contributed by atoms with van der Waals surface area (Å²) in [4.78, 5) is 70.3. The Kier molecular flexibility index (Phi) is 15.6. The van der Waals surface area contributed by atoms with Crippen molar-refractivity contribution in [3.8, 4) is 23.0 Å². The van der Waals surface area contributed by atoms with Crippen LogP contribution in [-0.4, -0.2) is 139 Å². The van der Waals surface area contributed by atoms with Gasteiger partial charge in [0.1, 0.15) is 28.9 Å². The highest BCUT2D eigenvalue weighted by atomic mass is 19.1. The van der Waals surface area contributed by atoms with E-state index in [-0.39, 0.29) is 75.2 Å². The Hall–Kier alpha value is -7.08. The number of anilines is 2. The highest BCUT2D eigenvalue weighted by Gasteiger charge is 2.50. The third kappa shape index (κ3) is 10.1. The number of pyridine rings is 2. The van der Waals surface area contributed by atoms with Crippen molar-refractivity contribution in [3.05, 3.63) is 98.0 Å².